The lowest BCUT2D eigenvalue weighted by Crippen LogP contribution is -2.33. The maximum atomic E-state index is 13.7. The molecule has 2 aromatic rings. The summed E-state index contributed by atoms with van der Waals surface area (Å²) >= 11 is 0. The lowest BCUT2D eigenvalue weighted by Gasteiger charge is -2.20. The van der Waals surface area contributed by atoms with Crippen molar-refractivity contribution in [1.82, 2.24) is 10.2 Å². The topological polar surface area (TPSA) is 54.0 Å². The number of hydrogen-bond acceptors (Lipinski definition) is 5. The number of nitrogens with one attached hydrogen (secondary N) is 1. The Balaban J connectivity index is 1.51. The molecule has 1 atom stereocenters. The number of ether oxygens (including phenoxy) is 2. The number of nitrogens with zero attached hydrogens (tertiary/aromatic N) is 1. The third-order valence-electron chi connectivity index (χ3n) is 5.22. The highest BCUT2D eigenvalue weighted by Crippen LogP contribution is 2.25. The third kappa shape index (κ3) is 6.70. The highest BCUT2D eigenvalue weighted by Gasteiger charge is 2.17. The normalized spacial score (nSPS) is 15.4. The Bertz CT molecular complexity index is 766. The molecule has 158 valence electrons. The van der Waals surface area contributed by atoms with Gasteiger partial charge in [0.2, 0.25) is 0 Å². The number of hydrogen-bond donors (Lipinski definition) is 2. The molecular weight excluding hydrogens is 371 g/mol. The second-order valence-corrected chi connectivity index (χ2v) is 7.46. The molecule has 6 heteroatoms. The van der Waals surface area contributed by atoms with Gasteiger partial charge in [-0.05, 0) is 56.6 Å². The van der Waals surface area contributed by atoms with Crippen LogP contribution >= 0.6 is 0 Å². The number of methoxy groups -OCH3 is 1. The fourth-order valence-corrected chi connectivity index (χ4v) is 3.59. The van der Waals surface area contributed by atoms with Gasteiger partial charge >= 0.3 is 0 Å². The van der Waals surface area contributed by atoms with Crippen LogP contribution in [0.4, 0.5) is 4.39 Å². The van der Waals surface area contributed by atoms with Crippen LogP contribution < -0.4 is 14.8 Å². The Kier molecular flexibility index (Phi) is 8.28. The van der Waals surface area contributed by atoms with Crippen molar-refractivity contribution in [2.45, 2.75) is 31.9 Å². The van der Waals surface area contributed by atoms with Crippen molar-refractivity contribution in [3.63, 3.8) is 0 Å². The van der Waals surface area contributed by atoms with Crippen molar-refractivity contribution in [1.29, 1.82) is 0 Å². The summed E-state index contributed by atoms with van der Waals surface area (Å²) in [5, 5.41) is 13.6. The molecular formula is C23H31FN2O3. The maximum absolute atomic E-state index is 13.7. The molecule has 1 fully saturated rings. The molecule has 3 rings (SSSR count). The van der Waals surface area contributed by atoms with Gasteiger partial charge in [0.15, 0.2) is 0 Å². The summed E-state index contributed by atoms with van der Waals surface area (Å²) in [6.45, 7) is 4.23. The van der Waals surface area contributed by atoms with Gasteiger partial charge in [0, 0.05) is 24.7 Å². The molecule has 29 heavy (non-hydrogen) atoms. The summed E-state index contributed by atoms with van der Waals surface area (Å²) in [7, 11) is 1.62. The van der Waals surface area contributed by atoms with Gasteiger partial charge in [0.05, 0.1) is 7.11 Å². The van der Waals surface area contributed by atoms with E-state index in [4.69, 9.17) is 9.47 Å². The predicted molar refractivity (Wildman–Crippen MR) is 112 cm³/mol. The molecule has 0 amide bonds. The Labute approximate surface area is 172 Å². The van der Waals surface area contributed by atoms with Gasteiger partial charge in [0.1, 0.15) is 30.0 Å². The van der Waals surface area contributed by atoms with Gasteiger partial charge in [-0.1, -0.05) is 24.3 Å². The van der Waals surface area contributed by atoms with Crippen LogP contribution in [0.3, 0.4) is 0 Å². The van der Waals surface area contributed by atoms with Gasteiger partial charge in [-0.15, -0.1) is 0 Å². The molecule has 0 radical (unpaired) electrons. The fourth-order valence-electron chi connectivity index (χ4n) is 3.59. The second kappa shape index (κ2) is 11.1. The van der Waals surface area contributed by atoms with E-state index in [1.54, 1.807) is 19.2 Å². The molecule has 2 aromatic carbocycles. The standard InChI is InChI=1S/C23H31FN2O3/c1-28-21-9-8-19(15-25-11-10-18-6-2-3-7-22(18)24)23(14-21)29-17-20(27)16-26-12-4-5-13-26/h2-3,6-9,14,20,25,27H,4-5,10-13,15-17H2,1H3. The summed E-state index contributed by atoms with van der Waals surface area (Å²) < 4.78 is 25.0. The Morgan fingerprint density at radius 1 is 1.14 bits per heavy atom. The smallest absolute Gasteiger partial charge is 0.127 e. The molecule has 5 nitrogen and oxygen atoms in total. The van der Waals surface area contributed by atoms with E-state index in [-0.39, 0.29) is 12.4 Å². The quantitative estimate of drug-likeness (QED) is 0.566. The number of rotatable bonds is 11. The van der Waals surface area contributed by atoms with Crippen LogP contribution in [0.25, 0.3) is 0 Å². The summed E-state index contributed by atoms with van der Waals surface area (Å²) in [4.78, 5) is 2.27. The Morgan fingerprint density at radius 3 is 2.69 bits per heavy atom. The SMILES string of the molecule is COc1ccc(CNCCc2ccccc2F)c(OCC(O)CN2CCCC2)c1. The first-order valence-electron chi connectivity index (χ1n) is 10.3. The first-order valence-corrected chi connectivity index (χ1v) is 10.3. The van der Waals surface area contributed by atoms with E-state index >= 15 is 0 Å². The van der Waals surface area contributed by atoms with Crippen molar-refractivity contribution in [2.75, 3.05) is 39.9 Å². The molecule has 0 aromatic heterocycles. The lowest BCUT2D eigenvalue weighted by molar-refractivity contribution is 0.0753. The van der Waals surface area contributed by atoms with E-state index < -0.39 is 6.10 Å². The second-order valence-electron chi connectivity index (χ2n) is 7.46. The van der Waals surface area contributed by atoms with E-state index in [0.29, 0.717) is 43.1 Å². The molecule has 0 aliphatic carbocycles. The molecule has 1 unspecified atom stereocenters. The van der Waals surface area contributed by atoms with Crippen molar-refractivity contribution >= 4 is 0 Å². The predicted octanol–water partition coefficient (Wildman–Crippen LogP) is 3.00. The van der Waals surface area contributed by atoms with E-state index in [0.717, 1.165) is 18.7 Å². The Hall–Kier alpha value is -2.15. The van der Waals surface area contributed by atoms with E-state index in [1.807, 2.05) is 24.3 Å². The highest BCUT2D eigenvalue weighted by atomic mass is 19.1. The number of likely N-dealkylation sites (tertiary alicyclic amines) is 1. The Morgan fingerprint density at radius 2 is 1.93 bits per heavy atom. The average Bonchev–Trinajstić information content (AvgIpc) is 3.24. The van der Waals surface area contributed by atoms with Gasteiger partial charge in [-0.2, -0.15) is 0 Å². The zero-order chi connectivity index (χ0) is 20.5. The van der Waals surface area contributed by atoms with E-state index in [9.17, 15) is 9.50 Å². The van der Waals surface area contributed by atoms with Crippen molar-refractivity contribution < 1.29 is 19.0 Å². The fraction of sp³-hybridized carbons (Fsp3) is 0.478. The summed E-state index contributed by atoms with van der Waals surface area (Å²) in [6.07, 6.45) is 2.49. The number of β-amino-alcohol motifs (C(OH)–C–C–N with tert-alkyl or cyclic N) is 1. The molecule has 1 saturated heterocycles. The average molecular weight is 403 g/mol. The molecule has 1 aliphatic heterocycles. The van der Waals surface area contributed by atoms with Crippen LogP contribution in [-0.2, 0) is 13.0 Å². The molecule has 1 aliphatic rings. The van der Waals surface area contributed by atoms with Crippen molar-refractivity contribution in [3.05, 3.63) is 59.4 Å². The van der Waals surface area contributed by atoms with Crippen LogP contribution in [0.2, 0.25) is 0 Å². The molecule has 0 bridgehead atoms. The number of benzene rings is 2. The minimum absolute atomic E-state index is 0.172. The van der Waals surface area contributed by atoms with Crippen molar-refractivity contribution in [3.8, 4) is 11.5 Å². The zero-order valence-corrected chi connectivity index (χ0v) is 17.1. The van der Waals surface area contributed by atoms with Crippen molar-refractivity contribution in [2.24, 2.45) is 0 Å². The number of aliphatic hydroxyl groups excluding tert-OH is 1. The van der Waals surface area contributed by atoms with Gasteiger partial charge in [-0.3, -0.25) is 0 Å². The molecule has 2 N–H and O–H groups in total. The maximum Gasteiger partial charge on any atom is 0.127 e. The molecule has 0 saturated carbocycles. The monoisotopic (exact) mass is 402 g/mol. The molecule has 1 heterocycles. The highest BCUT2D eigenvalue weighted by molar-refractivity contribution is 5.40. The van der Waals surface area contributed by atoms with E-state index in [2.05, 4.69) is 10.2 Å². The first-order chi connectivity index (χ1) is 14.2. The summed E-state index contributed by atoms with van der Waals surface area (Å²) in [6, 6.07) is 12.5. The lowest BCUT2D eigenvalue weighted by atomic mass is 10.1. The first kappa shape index (κ1) is 21.6. The van der Waals surface area contributed by atoms with E-state index in [1.165, 1.54) is 18.9 Å². The largest absolute Gasteiger partial charge is 0.497 e. The van der Waals surface area contributed by atoms with Gasteiger partial charge in [-0.25, -0.2) is 4.39 Å². The van der Waals surface area contributed by atoms with Crippen LogP contribution in [-0.4, -0.2) is 56.0 Å². The van der Waals surface area contributed by atoms with Crippen LogP contribution in [0.15, 0.2) is 42.5 Å². The molecule has 0 spiro atoms. The summed E-state index contributed by atoms with van der Waals surface area (Å²) in [5.41, 5.74) is 1.68. The van der Waals surface area contributed by atoms with Crippen LogP contribution in [0, 0.1) is 5.82 Å². The summed E-state index contributed by atoms with van der Waals surface area (Å²) in [5.74, 6) is 1.24. The number of aliphatic hydroxyl groups is 1. The number of halogens is 1. The van der Waals surface area contributed by atoms with Gasteiger partial charge in [0.25, 0.3) is 0 Å². The van der Waals surface area contributed by atoms with Crippen LogP contribution in [0.1, 0.15) is 24.0 Å². The zero-order valence-electron chi connectivity index (χ0n) is 17.1. The van der Waals surface area contributed by atoms with Gasteiger partial charge < -0.3 is 24.8 Å². The minimum atomic E-state index is -0.527. The minimum Gasteiger partial charge on any atom is -0.497 e. The van der Waals surface area contributed by atoms with Crippen LogP contribution in [0.5, 0.6) is 11.5 Å². The third-order valence-corrected chi connectivity index (χ3v) is 5.22.